The third-order valence-corrected chi connectivity index (χ3v) is 7.43. The molecule has 0 unspecified atom stereocenters. The monoisotopic (exact) mass is 425 g/mol. The van der Waals surface area contributed by atoms with Gasteiger partial charge in [0.1, 0.15) is 6.33 Å². The van der Waals surface area contributed by atoms with Crippen molar-refractivity contribution >= 4 is 37.9 Å². The fourth-order valence-electron chi connectivity index (χ4n) is 3.84. The summed E-state index contributed by atoms with van der Waals surface area (Å²) in [6.07, 6.45) is 1.05. The molecule has 0 saturated carbocycles. The van der Waals surface area contributed by atoms with E-state index in [0.717, 1.165) is 49.1 Å². The lowest BCUT2D eigenvalue weighted by Crippen LogP contribution is -2.29. The molecule has 0 atom stereocenters. The Morgan fingerprint density at radius 3 is 2.27 bits per heavy atom. The van der Waals surface area contributed by atoms with Crippen molar-refractivity contribution in [3.8, 4) is 0 Å². The SMILES string of the molecule is Cc1c(C)c(C)c2c(c1C)c1ccccc1n2C(=O)c1ncn(S(=O)(=O)N(C)C)n1. The van der Waals surface area contributed by atoms with E-state index < -0.39 is 16.1 Å². The Morgan fingerprint density at radius 1 is 0.967 bits per heavy atom. The van der Waals surface area contributed by atoms with Crippen LogP contribution < -0.4 is 0 Å². The van der Waals surface area contributed by atoms with E-state index in [1.807, 2.05) is 38.1 Å². The van der Waals surface area contributed by atoms with Gasteiger partial charge in [-0.1, -0.05) is 18.2 Å². The molecule has 0 radical (unpaired) electrons. The molecular formula is C21H23N5O3S. The summed E-state index contributed by atoms with van der Waals surface area (Å²) in [4.78, 5) is 17.5. The van der Waals surface area contributed by atoms with Crippen LogP contribution in [0.2, 0.25) is 0 Å². The quantitative estimate of drug-likeness (QED) is 0.503. The van der Waals surface area contributed by atoms with Crippen LogP contribution >= 0.6 is 0 Å². The minimum Gasteiger partial charge on any atom is -0.273 e. The van der Waals surface area contributed by atoms with Gasteiger partial charge in [-0.15, -0.1) is 9.19 Å². The van der Waals surface area contributed by atoms with E-state index in [4.69, 9.17) is 0 Å². The maximum atomic E-state index is 13.5. The van der Waals surface area contributed by atoms with Crippen LogP contribution in [0.1, 0.15) is 32.9 Å². The first-order valence-electron chi connectivity index (χ1n) is 9.46. The molecule has 2 aromatic heterocycles. The highest BCUT2D eigenvalue weighted by molar-refractivity contribution is 7.87. The van der Waals surface area contributed by atoms with Crippen LogP contribution in [0.5, 0.6) is 0 Å². The lowest BCUT2D eigenvalue weighted by atomic mass is 9.94. The van der Waals surface area contributed by atoms with E-state index >= 15 is 0 Å². The Labute approximate surface area is 174 Å². The molecule has 4 aromatic rings. The van der Waals surface area contributed by atoms with Crippen molar-refractivity contribution in [2.24, 2.45) is 0 Å². The number of carbonyl (C=O) groups is 1. The van der Waals surface area contributed by atoms with E-state index in [2.05, 4.69) is 23.9 Å². The molecule has 2 heterocycles. The maximum Gasteiger partial charge on any atom is 0.323 e. The van der Waals surface area contributed by atoms with Gasteiger partial charge in [-0.05, 0) is 56.0 Å². The van der Waals surface area contributed by atoms with Crippen molar-refractivity contribution in [1.29, 1.82) is 0 Å². The van der Waals surface area contributed by atoms with E-state index in [9.17, 15) is 13.2 Å². The van der Waals surface area contributed by atoms with Crippen LogP contribution in [0.4, 0.5) is 0 Å². The highest BCUT2D eigenvalue weighted by atomic mass is 32.2. The van der Waals surface area contributed by atoms with Crippen molar-refractivity contribution in [2.45, 2.75) is 27.7 Å². The Bertz CT molecular complexity index is 1440. The fraction of sp³-hybridized carbons (Fsp3) is 0.286. The second-order valence-corrected chi connectivity index (χ2v) is 9.61. The summed E-state index contributed by atoms with van der Waals surface area (Å²) >= 11 is 0. The highest BCUT2D eigenvalue weighted by Crippen LogP contribution is 2.37. The van der Waals surface area contributed by atoms with Crippen molar-refractivity contribution in [2.75, 3.05) is 14.1 Å². The van der Waals surface area contributed by atoms with Crippen LogP contribution in [0.25, 0.3) is 21.8 Å². The number of nitrogens with zero attached hydrogens (tertiary/aromatic N) is 5. The van der Waals surface area contributed by atoms with Crippen molar-refractivity contribution in [1.82, 2.24) is 23.0 Å². The summed E-state index contributed by atoms with van der Waals surface area (Å²) in [5.41, 5.74) is 5.96. The first-order valence-corrected chi connectivity index (χ1v) is 10.9. The molecule has 0 spiro atoms. The summed E-state index contributed by atoms with van der Waals surface area (Å²) in [6, 6.07) is 7.69. The number of aromatic nitrogens is 4. The molecular weight excluding hydrogens is 402 g/mol. The molecule has 0 N–H and O–H groups in total. The maximum absolute atomic E-state index is 13.5. The molecule has 8 nitrogen and oxygen atoms in total. The largest absolute Gasteiger partial charge is 0.323 e. The van der Waals surface area contributed by atoms with Gasteiger partial charge in [0.15, 0.2) is 0 Å². The Morgan fingerprint density at radius 2 is 1.60 bits per heavy atom. The fourth-order valence-corrected chi connectivity index (χ4v) is 4.52. The lowest BCUT2D eigenvalue weighted by molar-refractivity contribution is 0.0959. The number of benzene rings is 2. The lowest BCUT2D eigenvalue weighted by Gasteiger charge is -2.13. The van der Waals surface area contributed by atoms with Gasteiger partial charge in [-0.25, -0.2) is 4.98 Å². The van der Waals surface area contributed by atoms with E-state index in [1.54, 1.807) is 4.57 Å². The highest BCUT2D eigenvalue weighted by Gasteiger charge is 2.26. The molecule has 0 bridgehead atoms. The van der Waals surface area contributed by atoms with Crippen LogP contribution in [-0.2, 0) is 10.2 Å². The Balaban J connectivity index is 2.04. The second kappa shape index (κ2) is 6.75. The Kier molecular flexibility index (Phi) is 4.55. The molecule has 9 heteroatoms. The molecule has 0 amide bonds. The number of aryl methyl sites for hydroxylation is 2. The molecule has 0 fully saturated rings. The smallest absolute Gasteiger partial charge is 0.273 e. The minimum absolute atomic E-state index is 0.182. The van der Waals surface area contributed by atoms with E-state index in [-0.39, 0.29) is 5.82 Å². The van der Waals surface area contributed by atoms with Gasteiger partial charge in [0, 0.05) is 24.9 Å². The van der Waals surface area contributed by atoms with Gasteiger partial charge in [0.25, 0.3) is 0 Å². The summed E-state index contributed by atoms with van der Waals surface area (Å²) < 4.78 is 28.0. The van der Waals surface area contributed by atoms with Crippen LogP contribution in [0, 0.1) is 27.7 Å². The third-order valence-electron chi connectivity index (χ3n) is 5.86. The predicted molar refractivity (Wildman–Crippen MR) is 116 cm³/mol. The number of fused-ring (bicyclic) bond motifs is 3. The van der Waals surface area contributed by atoms with Gasteiger partial charge in [0.2, 0.25) is 5.82 Å². The Hall–Kier alpha value is -3.04. The standard InChI is InChI=1S/C21H23N5O3S/c1-12-13(2)15(4)19-18(14(12)3)16-9-7-8-10-17(16)26(19)21(27)20-22-11-25(23-20)30(28,29)24(5)6/h7-11H,1-6H3. The van der Waals surface area contributed by atoms with E-state index in [0.29, 0.717) is 4.09 Å². The van der Waals surface area contributed by atoms with Crippen molar-refractivity contribution in [3.05, 3.63) is 58.7 Å². The number of carbonyl (C=O) groups excluding carboxylic acids is 1. The van der Waals surface area contributed by atoms with Gasteiger partial charge < -0.3 is 0 Å². The summed E-state index contributed by atoms with van der Waals surface area (Å²) in [5, 5.41) is 5.95. The van der Waals surface area contributed by atoms with E-state index in [1.165, 1.54) is 19.7 Å². The molecule has 0 aliphatic heterocycles. The minimum atomic E-state index is -3.86. The van der Waals surface area contributed by atoms with Crippen LogP contribution in [0.15, 0.2) is 30.6 Å². The van der Waals surface area contributed by atoms with Crippen molar-refractivity contribution < 1.29 is 13.2 Å². The summed E-state index contributed by atoms with van der Waals surface area (Å²) in [6.45, 7) is 8.18. The average molecular weight is 426 g/mol. The van der Waals surface area contributed by atoms with Gasteiger partial charge in [-0.3, -0.25) is 9.36 Å². The number of hydrogen-bond acceptors (Lipinski definition) is 5. The molecule has 30 heavy (non-hydrogen) atoms. The van der Waals surface area contributed by atoms with Crippen LogP contribution in [0.3, 0.4) is 0 Å². The molecule has 2 aromatic carbocycles. The third kappa shape index (κ3) is 2.69. The zero-order valence-corrected chi connectivity index (χ0v) is 18.6. The number of hydrogen-bond donors (Lipinski definition) is 0. The summed E-state index contributed by atoms with van der Waals surface area (Å²) in [5.74, 6) is -0.655. The first kappa shape index (κ1) is 20.2. The summed E-state index contributed by atoms with van der Waals surface area (Å²) in [7, 11) is -1.07. The normalized spacial score (nSPS) is 12.4. The molecule has 0 saturated heterocycles. The van der Waals surface area contributed by atoms with Crippen LogP contribution in [-0.4, -0.2) is 51.5 Å². The molecule has 0 aliphatic rings. The first-order chi connectivity index (χ1) is 14.1. The molecule has 4 rings (SSSR count). The zero-order chi connectivity index (χ0) is 22.0. The number of rotatable bonds is 3. The van der Waals surface area contributed by atoms with Gasteiger partial charge >= 0.3 is 16.1 Å². The molecule has 156 valence electrons. The number of para-hydroxylation sites is 1. The average Bonchev–Trinajstić information content (AvgIpc) is 3.34. The predicted octanol–water partition coefficient (Wildman–Crippen LogP) is 2.96. The zero-order valence-electron chi connectivity index (χ0n) is 17.8. The molecule has 0 aliphatic carbocycles. The van der Waals surface area contributed by atoms with Crippen molar-refractivity contribution in [3.63, 3.8) is 0 Å². The van der Waals surface area contributed by atoms with Gasteiger partial charge in [0.05, 0.1) is 11.0 Å². The topological polar surface area (TPSA) is 90.1 Å². The second-order valence-electron chi connectivity index (χ2n) is 7.61. The van der Waals surface area contributed by atoms with Gasteiger partial charge in [-0.2, -0.15) is 12.7 Å².